The van der Waals surface area contributed by atoms with Crippen molar-refractivity contribution in [2.24, 2.45) is 5.73 Å². The average Bonchev–Trinajstić information content (AvgIpc) is 2.03. The van der Waals surface area contributed by atoms with E-state index in [0.717, 1.165) is 6.07 Å². The number of rotatable bonds is 2. The number of benzene rings is 1. The lowest BCUT2D eigenvalue weighted by Crippen LogP contribution is -2.03. The third kappa shape index (κ3) is 2.37. The van der Waals surface area contributed by atoms with Gasteiger partial charge in [0, 0.05) is 12.1 Å². The SMILES string of the molecule is Cl.NCc1cccc(F)c1[N+](=O)[O-]. The van der Waals surface area contributed by atoms with Gasteiger partial charge in [-0.3, -0.25) is 10.1 Å². The van der Waals surface area contributed by atoms with Crippen LogP contribution in [-0.2, 0) is 6.54 Å². The van der Waals surface area contributed by atoms with Crippen LogP contribution in [0.1, 0.15) is 5.56 Å². The summed E-state index contributed by atoms with van der Waals surface area (Å²) in [5.41, 5.74) is 4.87. The molecule has 0 saturated carbocycles. The van der Waals surface area contributed by atoms with Gasteiger partial charge in [-0.25, -0.2) is 0 Å². The van der Waals surface area contributed by atoms with Gasteiger partial charge < -0.3 is 5.73 Å². The molecular formula is C7H8ClFN2O2. The molecule has 0 amide bonds. The summed E-state index contributed by atoms with van der Waals surface area (Å²) in [6, 6.07) is 3.86. The zero-order chi connectivity index (χ0) is 9.14. The second-order valence-corrected chi connectivity index (χ2v) is 2.21. The number of nitrogens with two attached hydrogens (primary N) is 1. The minimum absolute atomic E-state index is 0. The smallest absolute Gasteiger partial charge is 0.309 e. The molecule has 6 heteroatoms. The molecule has 0 aliphatic heterocycles. The van der Waals surface area contributed by atoms with Crippen molar-refractivity contribution in [3.8, 4) is 0 Å². The largest absolute Gasteiger partial charge is 0.326 e. The van der Waals surface area contributed by atoms with Crippen molar-refractivity contribution < 1.29 is 9.31 Å². The Balaban J connectivity index is 0.00000144. The number of hydrogen-bond donors (Lipinski definition) is 1. The van der Waals surface area contributed by atoms with Gasteiger partial charge in [-0.05, 0) is 6.07 Å². The van der Waals surface area contributed by atoms with Crippen LogP contribution in [-0.4, -0.2) is 4.92 Å². The molecule has 1 aromatic rings. The van der Waals surface area contributed by atoms with Gasteiger partial charge in [-0.1, -0.05) is 12.1 Å². The van der Waals surface area contributed by atoms with E-state index in [9.17, 15) is 14.5 Å². The standard InChI is InChI=1S/C7H7FN2O2.ClH/c8-6-3-1-2-5(4-9)7(6)10(11)12;/h1-3H,4,9H2;1H. The molecule has 0 saturated heterocycles. The second-order valence-electron chi connectivity index (χ2n) is 2.21. The van der Waals surface area contributed by atoms with Gasteiger partial charge in [0.2, 0.25) is 5.82 Å². The van der Waals surface area contributed by atoms with Crippen molar-refractivity contribution in [2.45, 2.75) is 6.54 Å². The number of nitro benzene ring substituents is 1. The highest BCUT2D eigenvalue weighted by Gasteiger charge is 2.17. The molecule has 0 radical (unpaired) electrons. The van der Waals surface area contributed by atoms with E-state index in [0.29, 0.717) is 0 Å². The Morgan fingerprint density at radius 1 is 1.54 bits per heavy atom. The van der Waals surface area contributed by atoms with Crippen LogP contribution in [0.5, 0.6) is 0 Å². The lowest BCUT2D eigenvalue weighted by atomic mass is 10.2. The lowest BCUT2D eigenvalue weighted by molar-refractivity contribution is -0.388. The first-order chi connectivity index (χ1) is 5.66. The molecule has 0 aliphatic rings. The molecular weight excluding hydrogens is 199 g/mol. The summed E-state index contributed by atoms with van der Waals surface area (Å²) in [4.78, 5) is 9.55. The molecule has 1 rings (SSSR count). The number of nitro groups is 1. The van der Waals surface area contributed by atoms with Gasteiger partial charge >= 0.3 is 5.69 Å². The van der Waals surface area contributed by atoms with Gasteiger partial charge in [0.1, 0.15) is 0 Å². The molecule has 1 aromatic carbocycles. The Hall–Kier alpha value is -1.20. The molecule has 0 aliphatic carbocycles. The highest BCUT2D eigenvalue weighted by atomic mass is 35.5. The third-order valence-electron chi connectivity index (χ3n) is 1.47. The van der Waals surface area contributed by atoms with E-state index in [4.69, 9.17) is 5.73 Å². The molecule has 0 spiro atoms. The average molecular weight is 207 g/mol. The highest BCUT2D eigenvalue weighted by molar-refractivity contribution is 5.85. The summed E-state index contributed by atoms with van der Waals surface area (Å²) >= 11 is 0. The Kier molecular flexibility index (Phi) is 4.30. The van der Waals surface area contributed by atoms with Crippen LogP contribution in [0.4, 0.5) is 10.1 Å². The monoisotopic (exact) mass is 206 g/mol. The molecule has 0 heterocycles. The van der Waals surface area contributed by atoms with Crippen molar-refractivity contribution in [3.05, 3.63) is 39.7 Å². The normalized spacial score (nSPS) is 9.08. The van der Waals surface area contributed by atoms with Crippen LogP contribution in [0, 0.1) is 15.9 Å². The van der Waals surface area contributed by atoms with Gasteiger partial charge in [0.25, 0.3) is 0 Å². The molecule has 72 valence electrons. The number of hydrogen-bond acceptors (Lipinski definition) is 3. The van der Waals surface area contributed by atoms with Crippen LogP contribution in [0.25, 0.3) is 0 Å². The first-order valence-electron chi connectivity index (χ1n) is 3.28. The topological polar surface area (TPSA) is 69.2 Å². The second kappa shape index (κ2) is 4.74. The van der Waals surface area contributed by atoms with Crippen LogP contribution in [0.3, 0.4) is 0 Å². The van der Waals surface area contributed by atoms with Gasteiger partial charge in [-0.15, -0.1) is 12.4 Å². The van der Waals surface area contributed by atoms with Crippen LogP contribution in [0.2, 0.25) is 0 Å². The summed E-state index contributed by atoms with van der Waals surface area (Å²) in [6.07, 6.45) is 0. The minimum Gasteiger partial charge on any atom is -0.326 e. The van der Waals surface area contributed by atoms with E-state index >= 15 is 0 Å². The van der Waals surface area contributed by atoms with E-state index in [-0.39, 0.29) is 24.5 Å². The first-order valence-corrected chi connectivity index (χ1v) is 3.28. The van der Waals surface area contributed by atoms with E-state index in [1.807, 2.05) is 0 Å². The van der Waals surface area contributed by atoms with Crippen LogP contribution >= 0.6 is 12.4 Å². The molecule has 2 N–H and O–H groups in total. The predicted octanol–water partition coefficient (Wildman–Crippen LogP) is 1.61. The van der Waals surface area contributed by atoms with Crippen molar-refractivity contribution in [3.63, 3.8) is 0 Å². The molecule has 4 nitrogen and oxygen atoms in total. The number of halogens is 2. The lowest BCUT2D eigenvalue weighted by Gasteiger charge is -1.98. The van der Waals surface area contributed by atoms with Gasteiger partial charge in [-0.2, -0.15) is 4.39 Å². The summed E-state index contributed by atoms with van der Waals surface area (Å²) in [5, 5.41) is 10.3. The molecule has 0 aromatic heterocycles. The fourth-order valence-corrected chi connectivity index (χ4v) is 0.929. The van der Waals surface area contributed by atoms with Gasteiger partial charge in [0.15, 0.2) is 0 Å². The fourth-order valence-electron chi connectivity index (χ4n) is 0.929. The van der Waals surface area contributed by atoms with Gasteiger partial charge in [0.05, 0.1) is 4.92 Å². The maximum absolute atomic E-state index is 12.8. The minimum atomic E-state index is -0.844. The van der Waals surface area contributed by atoms with E-state index in [2.05, 4.69) is 0 Å². The molecule has 13 heavy (non-hydrogen) atoms. The molecule has 0 atom stereocenters. The first kappa shape index (κ1) is 11.8. The predicted molar refractivity (Wildman–Crippen MR) is 48.2 cm³/mol. The quantitative estimate of drug-likeness (QED) is 0.591. The number of para-hydroxylation sites is 1. The third-order valence-corrected chi connectivity index (χ3v) is 1.47. The van der Waals surface area contributed by atoms with E-state index in [1.54, 1.807) is 0 Å². The molecule has 0 unspecified atom stereocenters. The highest BCUT2D eigenvalue weighted by Crippen LogP contribution is 2.21. The maximum atomic E-state index is 12.8. The van der Waals surface area contributed by atoms with Crippen LogP contribution in [0.15, 0.2) is 18.2 Å². The Bertz CT molecular complexity index is 319. The maximum Gasteiger partial charge on any atom is 0.309 e. The number of nitrogens with zero attached hydrogens (tertiary/aromatic N) is 1. The van der Waals surface area contributed by atoms with E-state index in [1.165, 1.54) is 12.1 Å². The zero-order valence-electron chi connectivity index (χ0n) is 6.57. The Morgan fingerprint density at radius 2 is 2.15 bits per heavy atom. The molecule has 0 fully saturated rings. The molecule has 0 bridgehead atoms. The van der Waals surface area contributed by atoms with E-state index < -0.39 is 16.4 Å². The summed E-state index contributed by atoms with van der Waals surface area (Å²) in [5.74, 6) is -0.844. The summed E-state index contributed by atoms with van der Waals surface area (Å²) in [7, 11) is 0. The summed E-state index contributed by atoms with van der Waals surface area (Å²) < 4.78 is 12.8. The zero-order valence-corrected chi connectivity index (χ0v) is 7.38. The fraction of sp³-hybridized carbons (Fsp3) is 0.143. The summed E-state index contributed by atoms with van der Waals surface area (Å²) in [6.45, 7) is -0.0337. The van der Waals surface area contributed by atoms with Crippen LogP contribution < -0.4 is 5.73 Å². The van der Waals surface area contributed by atoms with Crippen molar-refractivity contribution in [2.75, 3.05) is 0 Å². The van der Waals surface area contributed by atoms with Crippen molar-refractivity contribution in [1.82, 2.24) is 0 Å². The van der Waals surface area contributed by atoms with Crippen molar-refractivity contribution in [1.29, 1.82) is 0 Å². The van der Waals surface area contributed by atoms with Crippen molar-refractivity contribution >= 4 is 18.1 Å². The Morgan fingerprint density at radius 3 is 2.54 bits per heavy atom. The Labute approximate surface area is 80.1 Å².